The van der Waals surface area contributed by atoms with Crippen LogP contribution in [0, 0.1) is 11.6 Å². The summed E-state index contributed by atoms with van der Waals surface area (Å²) in [5, 5.41) is 1.58. The molecule has 2 heterocycles. The number of benzene rings is 2. The predicted molar refractivity (Wildman–Crippen MR) is 89.3 cm³/mol. The number of rotatable bonds is 2. The van der Waals surface area contributed by atoms with Crippen molar-refractivity contribution < 1.29 is 8.78 Å². The second-order valence-corrected chi connectivity index (χ2v) is 5.58. The Morgan fingerprint density at radius 3 is 2.46 bits per heavy atom. The molecule has 0 aliphatic carbocycles. The van der Waals surface area contributed by atoms with E-state index in [0.717, 1.165) is 17.0 Å². The van der Waals surface area contributed by atoms with Crippen LogP contribution in [0.2, 0.25) is 0 Å². The number of hydrogen-bond donors (Lipinski definition) is 2. The summed E-state index contributed by atoms with van der Waals surface area (Å²) in [5.74, 6) is -0.772. The van der Waals surface area contributed by atoms with E-state index in [1.165, 1.54) is 12.1 Å². The molecule has 4 rings (SSSR count). The first kappa shape index (κ1) is 14.4. The molecular formula is C17H13F2N5. The monoisotopic (exact) mass is 325 g/mol. The van der Waals surface area contributed by atoms with Gasteiger partial charge in [0.2, 0.25) is 5.95 Å². The molecule has 2 aromatic carbocycles. The van der Waals surface area contributed by atoms with Crippen LogP contribution in [-0.4, -0.2) is 14.5 Å². The Balaban J connectivity index is 1.87. The van der Waals surface area contributed by atoms with Gasteiger partial charge in [-0.05, 0) is 35.9 Å². The van der Waals surface area contributed by atoms with E-state index in [0.29, 0.717) is 28.8 Å². The molecule has 0 aliphatic heterocycles. The highest BCUT2D eigenvalue weighted by Crippen LogP contribution is 2.29. The van der Waals surface area contributed by atoms with Crippen molar-refractivity contribution in [3.63, 3.8) is 0 Å². The van der Waals surface area contributed by atoms with E-state index in [-0.39, 0.29) is 5.95 Å². The Labute approximate surface area is 135 Å². The van der Waals surface area contributed by atoms with Crippen molar-refractivity contribution >= 4 is 33.6 Å². The highest BCUT2D eigenvalue weighted by atomic mass is 19.1. The van der Waals surface area contributed by atoms with E-state index < -0.39 is 11.6 Å². The van der Waals surface area contributed by atoms with Crippen LogP contribution in [-0.2, 0) is 6.54 Å². The maximum atomic E-state index is 13.4. The Hall–Kier alpha value is -3.22. The van der Waals surface area contributed by atoms with Gasteiger partial charge in [-0.3, -0.25) is 0 Å². The van der Waals surface area contributed by atoms with Crippen molar-refractivity contribution in [2.24, 2.45) is 0 Å². The molecule has 0 amide bonds. The molecule has 5 nitrogen and oxygen atoms in total. The third-order valence-electron chi connectivity index (χ3n) is 3.93. The van der Waals surface area contributed by atoms with Gasteiger partial charge in [0.05, 0.1) is 10.9 Å². The van der Waals surface area contributed by atoms with E-state index in [1.807, 2.05) is 22.9 Å². The molecule has 0 aliphatic rings. The normalized spacial score (nSPS) is 11.4. The molecule has 120 valence electrons. The Morgan fingerprint density at radius 2 is 1.71 bits per heavy atom. The van der Waals surface area contributed by atoms with Crippen molar-refractivity contribution in [2.45, 2.75) is 6.54 Å². The highest BCUT2D eigenvalue weighted by molar-refractivity contribution is 6.10. The molecule has 4 N–H and O–H groups in total. The molecule has 0 atom stereocenters. The number of fused-ring (bicyclic) bond motifs is 3. The summed E-state index contributed by atoms with van der Waals surface area (Å²) in [6.07, 6.45) is 1.84. The number of nitrogens with two attached hydrogens (primary N) is 2. The average molecular weight is 325 g/mol. The van der Waals surface area contributed by atoms with Gasteiger partial charge in [0.15, 0.2) is 0 Å². The van der Waals surface area contributed by atoms with Gasteiger partial charge in [-0.1, -0.05) is 0 Å². The summed E-state index contributed by atoms with van der Waals surface area (Å²) in [5.41, 5.74) is 13.7. The zero-order valence-corrected chi connectivity index (χ0v) is 12.5. The van der Waals surface area contributed by atoms with Crippen LogP contribution in [0.15, 0.2) is 42.6 Å². The predicted octanol–water partition coefficient (Wildman–Crippen LogP) is 3.08. The topological polar surface area (TPSA) is 82.7 Å². The minimum Gasteiger partial charge on any atom is -0.383 e. The maximum absolute atomic E-state index is 13.4. The Bertz CT molecular complexity index is 1070. The molecule has 2 aromatic heterocycles. The first-order valence-electron chi connectivity index (χ1n) is 7.27. The SMILES string of the molecule is Nc1nc(N)c2c(ccc3c2ccn3Cc2cc(F)cc(F)c2)n1. The van der Waals surface area contributed by atoms with Crippen LogP contribution in [0.4, 0.5) is 20.5 Å². The fourth-order valence-corrected chi connectivity index (χ4v) is 2.99. The lowest BCUT2D eigenvalue weighted by molar-refractivity contribution is 0.578. The van der Waals surface area contributed by atoms with Gasteiger partial charge in [0, 0.05) is 29.7 Å². The number of anilines is 2. The van der Waals surface area contributed by atoms with Crippen LogP contribution in [0.1, 0.15) is 5.56 Å². The van der Waals surface area contributed by atoms with Crippen LogP contribution in [0.3, 0.4) is 0 Å². The fraction of sp³-hybridized carbons (Fsp3) is 0.0588. The standard InChI is InChI=1S/C17H13F2N5/c18-10-5-9(6-11(19)7-10)8-24-4-3-12-14(24)2-1-13-15(12)16(20)23-17(21)22-13/h1-7H,8H2,(H4,20,21,22,23). The molecule has 7 heteroatoms. The van der Waals surface area contributed by atoms with Crippen LogP contribution >= 0.6 is 0 Å². The zero-order valence-electron chi connectivity index (χ0n) is 12.5. The number of aromatic nitrogens is 3. The number of hydrogen-bond acceptors (Lipinski definition) is 4. The summed E-state index contributed by atoms with van der Waals surface area (Å²) < 4.78 is 28.6. The number of nitrogens with zero attached hydrogens (tertiary/aromatic N) is 3. The molecule has 0 saturated carbocycles. The summed E-state index contributed by atoms with van der Waals surface area (Å²) >= 11 is 0. The minimum atomic E-state index is -0.597. The van der Waals surface area contributed by atoms with Gasteiger partial charge < -0.3 is 16.0 Å². The lowest BCUT2D eigenvalue weighted by Gasteiger charge is -2.08. The number of nitrogen functional groups attached to an aromatic ring is 2. The number of halogens is 2. The van der Waals surface area contributed by atoms with Gasteiger partial charge >= 0.3 is 0 Å². The molecular weight excluding hydrogens is 312 g/mol. The van der Waals surface area contributed by atoms with Crippen LogP contribution < -0.4 is 11.5 Å². The Kier molecular flexibility index (Phi) is 3.09. The third kappa shape index (κ3) is 2.30. The van der Waals surface area contributed by atoms with E-state index in [1.54, 1.807) is 6.07 Å². The highest BCUT2D eigenvalue weighted by Gasteiger charge is 2.11. The lowest BCUT2D eigenvalue weighted by atomic mass is 10.1. The quantitative estimate of drug-likeness (QED) is 0.593. The summed E-state index contributed by atoms with van der Waals surface area (Å²) in [4.78, 5) is 8.19. The molecule has 0 unspecified atom stereocenters. The Morgan fingerprint density at radius 1 is 0.958 bits per heavy atom. The smallest absolute Gasteiger partial charge is 0.222 e. The van der Waals surface area contributed by atoms with Crippen molar-refractivity contribution in [1.82, 2.24) is 14.5 Å². The minimum absolute atomic E-state index is 0.119. The van der Waals surface area contributed by atoms with Gasteiger partial charge in [-0.15, -0.1) is 0 Å². The average Bonchev–Trinajstić information content (AvgIpc) is 2.88. The molecule has 0 fully saturated rings. The van der Waals surface area contributed by atoms with E-state index >= 15 is 0 Å². The van der Waals surface area contributed by atoms with E-state index in [2.05, 4.69) is 9.97 Å². The molecule has 0 saturated heterocycles. The molecule has 0 bridgehead atoms. The first-order valence-corrected chi connectivity index (χ1v) is 7.27. The largest absolute Gasteiger partial charge is 0.383 e. The van der Waals surface area contributed by atoms with Crippen molar-refractivity contribution in [1.29, 1.82) is 0 Å². The van der Waals surface area contributed by atoms with E-state index in [9.17, 15) is 8.78 Å². The fourth-order valence-electron chi connectivity index (χ4n) is 2.99. The van der Waals surface area contributed by atoms with Crippen LogP contribution in [0.25, 0.3) is 21.8 Å². The zero-order chi connectivity index (χ0) is 16.8. The van der Waals surface area contributed by atoms with Gasteiger partial charge in [-0.25, -0.2) is 13.8 Å². The second kappa shape index (κ2) is 5.16. The summed E-state index contributed by atoms with van der Waals surface area (Å²) in [6.45, 7) is 0.333. The summed E-state index contributed by atoms with van der Waals surface area (Å²) in [6, 6.07) is 9.03. The van der Waals surface area contributed by atoms with Crippen molar-refractivity contribution in [3.8, 4) is 0 Å². The van der Waals surface area contributed by atoms with Gasteiger partial charge in [0.1, 0.15) is 17.5 Å². The molecule has 24 heavy (non-hydrogen) atoms. The first-order chi connectivity index (χ1) is 11.5. The van der Waals surface area contributed by atoms with Crippen molar-refractivity contribution in [3.05, 3.63) is 59.8 Å². The molecule has 0 spiro atoms. The second-order valence-electron chi connectivity index (χ2n) is 5.58. The molecule has 4 aromatic rings. The van der Waals surface area contributed by atoms with Gasteiger partial charge in [0.25, 0.3) is 0 Å². The lowest BCUT2D eigenvalue weighted by Crippen LogP contribution is -2.02. The van der Waals surface area contributed by atoms with E-state index in [4.69, 9.17) is 11.5 Å². The van der Waals surface area contributed by atoms with Crippen LogP contribution in [0.5, 0.6) is 0 Å². The molecule has 0 radical (unpaired) electrons. The van der Waals surface area contributed by atoms with Crippen molar-refractivity contribution in [2.75, 3.05) is 11.5 Å². The third-order valence-corrected chi connectivity index (χ3v) is 3.93. The maximum Gasteiger partial charge on any atom is 0.222 e. The summed E-state index contributed by atoms with van der Waals surface area (Å²) in [7, 11) is 0. The van der Waals surface area contributed by atoms with Gasteiger partial charge in [-0.2, -0.15) is 4.98 Å².